The summed E-state index contributed by atoms with van der Waals surface area (Å²) >= 11 is 0. The number of phosphoric acid groups is 1. The summed E-state index contributed by atoms with van der Waals surface area (Å²) < 4.78 is 32.5. The van der Waals surface area contributed by atoms with Crippen molar-refractivity contribution in [3.63, 3.8) is 0 Å². The summed E-state index contributed by atoms with van der Waals surface area (Å²) in [6.45, 7) is 2.62. The molecule has 0 fully saturated rings. The lowest BCUT2D eigenvalue weighted by molar-refractivity contribution is -0.157. The average molecular weight is 836 g/mol. The van der Waals surface area contributed by atoms with E-state index in [0.29, 0.717) is 6.42 Å². The highest BCUT2D eigenvalue weighted by atomic mass is 31.2. The molecule has 0 radical (unpaired) electrons. The summed E-state index contributed by atoms with van der Waals surface area (Å²) in [5, 5.41) is 8.88. The number of nitrogens with two attached hydrogens (primary N) is 1. The largest absolute Gasteiger partial charge is 0.480 e. The number of esters is 2. The SMILES string of the molecule is CCCCC/C=C/C/C=C/C/C=C/C/C=C/CCCCCC(=O)OC[C@H](COP(=O)(O)OC[C@H](N)C(=O)O)OC(=O)/C=C/C=C/CCCCCCCCCCCCC. The van der Waals surface area contributed by atoms with E-state index in [-0.39, 0.29) is 6.42 Å². The van der Waals surface area contributed by atoms with E-state index in [1.807, 2.05) is 6.08 Å². The van der Waals surface area contributed by atoms with Crippen molar-refractivity contribution in [3.05, 3.63) is 72.9 Å². The Morgan fingerprint density at radius 3 is 1.59 bits per heavy atom. The number of ether oxygens (including phenoxy) is 2. The summed E-state index contributed by atoms with van der Waals surface area (Å²) in [5.74, 6) is -2.69. The minimum absolute atomic E-state index is 0.161. The first-order valence-corrected chi connectivity index (χ1v) is 23.5. The standard InChI is InChI=1S/C46H78NO10P/c1-3-5-7-9-11-13-15-17-19-20-21-22-24-25-27-29-31-33-35-37-44(48)54-39-42(40-55-58(52,53)56-41-43(47)46(50)51)57-45(49)38-36-34-32-30-28-26-23-18-16-14-12-10-8-6-4-2/h11,13,17,19,21-22,25,27,32,34,36,38,42-43H,3-10,12,14-16,18,20,23-24,26,28-31,33,35,37,39-41,47H2,1-2H3,(H,50,51)(H,52,53)/b13-11+,19-17+,22-21+,27-25+,34-32+,38-36+/t42-,43+/m1/s1. The van der Waals surface area contributed by atoms with Crippen LogP contribution in [0.15, 0.2) is 72.9 Å². The van der Waals surface area contributed by atoms with Crippen LogP contribution in [0.5, 0.6) is 0 Å². The molecule has 1 unspecified atom stereocenters. The van der Waals surface area contributed by atoms with E-state index >= 15 is 0 Å². The molecule has 332 valence electrons. The molecular formula is C46H78NO10P. The molecule has 12 heteroatoms. The molecule has 0 saturated carbocycles. The van der Waals surface area contributed by atoms with Crippen molar-refractivity contribution >= 4 is 25.7 Å². The fraction of sp³-hybridized carbons (Fsp3) is 0.674. The van der Waals surface area contributed by atoms with Crippen LogP contribution in [0.25, 0.3) is 0 Å². The predicted molar refractivity (Wildman–Crippen MR) is 235 cm³/mol. The van der Waals surface area contributed by atoms with Crippen LogP contribution >= 0.6 is 7.82 Å². The fourth-order valence-corrected chi connectivity index (χ4v) is 6.32. The Kier molecular flexibility index (Phi) is 38.5. The van der Waals surface area contributed by atoms with Gasteiger partial charge in [-0.25, -0.2) is 9.36 Å². The third kappa shape index (κ3) is 39.7. The first kappa shape index (κ1) is 54.9. The Bertz CT molecular complexity index is 1260. The smallest absolute Gasteiger partial charge is 0.472 e. The molecule has 0 spiro atoms. The van der Waals surface area contributed by atoms with E-state index in [9.17, 15) is 23.8 Å². The van der Waals surface area contributed by atoms with Gasteiger partial charge in [0.1, 0.15) is 12.6 Å². The van der Waals surface area contributed by atoms with Gasteiger partial charge in [0.15, 0.2) is 6.10 Å². The van der Waals surface area contributed by atoms with E-state index in [4.69, 9.17) is 24.8 Å². The third-order valence-electron chi connectivity index (χ3n) is 9.03. The van der Waals surface area contributed by atoms with E-state index in [1.165, 1.54) is 96.0 Å². The van der Waals surface area contributed by atoms with Gasteiger partial charge in [-0.1, -0.05) is 164 Å². The van der Waals surface area contributed by atoms with Gasteiger partial charge in [0.25, 0.3) is 0 Å². The predicted octanol–water partition coefficient (Wildman–Crippen LogP) is 11.7. The lowest BCUT2D eigenvalue weighted by Crippen LogP contribution is -2.34. The fourth-order valence-electron chi connectivity index (χ4n) is 5.54. The maximum absolute atomic E-state index is 12.5. The molecule has 11 nitrogen and oxygen atoms in total. The zero-order valence-corrected chi connectivity index (χ0v) is 36.8. The highest BCUT2D eigenvalue weighted by Crippen LogP contribution is 2.43. The molecule has 0 aliphatic carbocycles. The van der Waals surface area contributed by atoms with Gasteiger partial charge in [-0.2, -0.15) is 0 Å². The van der Waals surface area contributed by atoms with Crippen LogP contribution in [0.1, 0.15) is 168 Å². The molecule has 0 amide bonds. The normalized spacial score (nSPS) is 14.4. The van der Waals surface area contributed by atoms with Crippen LogP contribution in [-0.2, 0) is 37.5 Å². The molecular weight excluding hydrogens is 757 g/mol. The van der Waals surface area contributed by atoms with Crippen LogP contribution < -0.4 is 5.73 Å². The molecule has 0 aliphatic rings. The van der Waals surface area contributed by atoms with Crippen molar-refractivity contribution in [2.24, 2.45) is 5.73 Å². The maximum atomic E-state index is 12.5. The Hall–Kier alpha value is -3.08. The number of carbonyl (C=O) groups is 3. The topological polar surface area (TPSA) is 172 Å². The first-order valence-electron chi connectivity index (χ1n) is 22.0. The third-order valence-corrected chi connectivity index (χ3v) is 9.98. The molecule has 0 aromatic heterocycles. The molecule has 4 N–H and O–H groups in total. The minimum Gasteiger partial charge on any atom is -0.480 e. The molecule has 0 aliphatic heterocycles. The lowest BCUT2D eigenvalue weighted by Gasteiger charge is -2.19. The number of hydrogen-bond acceptors (Lipinski definition) is 9. The van der Waals surface area contributed by atoms with Crippen molar-refractivity contribution in [2.75, 3.05) is 19.8 Å². The summed E-state index contributed by atoms with van der Waals surface area (Å²) in [4.78, 5) is 45.8. The number of allylic oxidation sites excluding steroid dienone is 11. The van der Waals surface area contributed by atoms with E-state index in [1.54, 1.807) is 12.2 Å². The zero-order chi connectivity index (χ0) is 42.8. The Morgan fingerprint density at radius 1 is 0.586 bits per heavy atom. The van der Waals surface area contributed by atoms with Crippen LogP contribution in [0, 0.1) is 0 Å². The number of aliphatic carboxylic acids is 1. The molecule has 58 heavy (non-hydrogen) atoms. The van der Waals surface area contributed by atoms with E-state index in [0.717, 1.165) is 51.4 Å². The Labute approximate surface area is 350 Å². The summed E-state index contributed by atoms with van der Waals surface area (Å²) in [7, 11) is -4.75. The molecule has 0 heterocycles. The Morgan fingerprint density at radius 2 is 1.03 bits per heavy atom. The Balaban J connectivity index is 4.52. The van der Waals surface area contributed by atoms with Gasteiger partial charge < -0.3 is 25.2 Å². The molecule has 3 atom stereocenters. The number of carbonyl (C=O) groups excluding carboxylic acids is 2. The van der Waals surface area contributed by atoms with Crippen molar-refractivity contribution in [1.29, 1.82) is 0 Å². The van der Waals surface area contributed by atoms with Crippen LogP contribution in [-0.4, -0.2) is 59.9 Å². The number of rotatable bonds is 40. The second kappa shape index (κ2) is 40.7. The monoisotopic (exact) mass is 836 g/mol. The van der Waals surface area contributed by atoms with Gasteiger partial charge in [0.2, 0.25) is 0 Å². The van der Waals surface area contributed by atoms with Crippen molar-refractivity contribution < 1.29 is 47.5 Å². The van der Waals surface area contributed by atoms with Gasteiger partial charge in [0, 0.05) is 12.5 Å². The van der Waals surface area contributed by atoms with Crippen LogP contribution in [0.2, 0.25) is 0 Å². The summed E-state index contributed by atoms with van der Waals surface area (Å²) in [5.41, 5.74) is 5.32. The number of carboxylic acid groups (broad SMARTS) is 1. The molecule has 0 bridgehead atoms. The second-order valence-electron chi connectivity index (χ2n) is 14.5. The van der Waals surface area contributed by atoms with Crippen LogP contribution in [0.4, 0.5) is 0 Å². The minimum atomic E-state index is -4.75. The number of phosphoric ester groups is 1. The summed E-state index contributed by atoms with van der Waals surface area (Å²) in [6, 6.07) is -1.54. The molecule has 0 saturated heterocycles. The van der Waals surface area contributed by atoms with Crippen molar-refractivity contribution in [2.45, 2.75) is 180 Å². The molecule has 0 aromatic rings. The highest BCUT2D eigenvalue weighted by molar-refractivity contribution is 7.47. The van der Waals surface area contributed by atoms with E-state index in [2.05, 4.69) is 67.0 Å². The van der Waals surface area contributed by atoms with Crippen molar-refractivity contribution in [1.82, 2.24) is 0 Å². The van der Waals surface area contributed by atoms with Crippen molar-refractivity contribution in [3.8, 4) is 0 Å². The number of hydrogen-bond donors (Lipinski definition) is 3. The van der Waals surface area contributed by atoms with Gasteiger partial charge in [-0.3, -0.25) is 18.6 Å². The van der Waals surface area contributed by atoms with Gasteiger partial charge in [-0.05, 0) is 64.2 Å². The molecule has 0 aromatic carbocycles. The summed E-state index contributed by atoms with van der Waals surface area (Å²) in [6.07, 6.45) is 48.9. The number of unbranched alkanes of at least 4 members (excludes halogenated alkanes) is 17. The van der Waals surface area contributed by atoms with Gasteiger partial charge >= 0.3 is 25.7 Å². The maximum Gasteiger partial charge on any atom is 0.472 e. The zero-order valence-electron chi connectivity index (χ0n) is 35.9. The van der Waals surface area contributed by atoms with Gasteiger partial charge in [0.05, 0.1) is 13.2 Å². The van der Waals surface area contributed by atoms with Crippen LogP contribution in [0.3, 0.4) is 0 Å². The second-order valence-corrected chi connectivity index (χ2v) is 16.0. The molecule has 0 rings (SSSR count). The quantitative estimate of drug-likeness (QED) is 0.0134. The first-order chi connectivity index (χ1) is 28.1. The average Bonchev–Trinajstić information content (AvgIpc) is 3.20. The van der Waals surface area contributed by atoms with E-state index < -0.39 is 57.7 Å². The highest BCUT2D eigenvalue weighted by Gasteiger charge is 2.27. The lowest BCUT2D eigenvalue weighted by atomic mass is 10.1. The number of carboxylic acids is 1. The van der Waals surface area contributed by atoms with Gasteiger partial charge in [-0.15, -0.1) is 0 Å².